The fraction of sp³-hybridized carbons (Fsp3) is 0.250. The highest BCUT2D eigenvalue weighted by Gasteiger charge is 2.13. The second-order valence-electron chi connectivity index (χ2n) is 3.83. The van der Waals surface area contributed by atoms with Crippen molar-refractivity contribution in [3.8, 4) is 0 Å². The smallest absolute Gasteiger partial charge is 0.258 e. The van der Waals surface area contributed by atoms with E-state index in [0.29, 0.717) is 15.7 Å². The predicted molar refractivity (Wildman–Crippen MR) is 86.0 cm³/mol. The van der Waals surface area contributed by atoms with Gasteiger partial charge in [-0.1, -0.05) is 29.9 Å². The van der Waals surface area contributed by atoms with Crippen LogP contribution in [0.1, 0.15) is 28.7 Å². The normalized spacial score (nSPS) is 10.5. The van der Waals surface area contributed by atoms with Crippen LogP contribution in [-0.4, -0.2) is 16.1 Å². The maximum absolute atomic E-state index is 12.1. The molecule has 2 rings (SSSR count). The van der Waals surface area contributed by atoms with Crippen LogP contribution in [0.2, 0.25) is 5.02 Å². The van der Waals surface area contributed by atoms with E-state index in [1.807, 2.05) is 0 Å². The minimum Gasteiger partial charge on any atom is -0.296 e. The number of aryl methyl sites for hydroxylation is 1. The number of benzene rings is 1. The number of hydrogen-bond acceptors (Lipinski definition) is 4. The van der Waals surface area contributed by atoms with Crippen LogP contribution >= 0.6 is 45.5 Å². The molecule has 0 aliphatic heterocycles. The molecule has 19 heavy (non-hydrogen) atoms. The highest BCUT2D eigenvalue weighted by Crippen LogP contribution is 2.21. The van der Waals surface area contributed by atoms with Crippen LogP contribution in [0.5, 0.6) is 0 Å². The van der Waals surface area contributed by atoms with Crippen LogP contribution in [0.15, 0.2) is 18.2 Å². The zero-order valence-electron chi connectivity index (χ0n) is 10.1. The van der Waals surface area contributed by atoms with E-state index in [1.165, 1.54) is 11.3 Å². The molecule has 7 heteroatoms. The van der Waals surface area contributed by atoms with Gasteiger partial charge in [0.05, 0.1) is 5.56 Å². The van der Waals surface area contributed by atoms with E-state index in [0.717, 1.165) is 21.4 Å². The number of amides is 1. The summed E-state index contributed by atoms with van der Waals surface area (Å²) in [6.07, 6.45) is 1.89. The molecule has 2 aromatic rings. The molecule has 100 valence electrons. The van der Waals surface area contributed by atoms with Crippen molar-refractivity contribution in [3.05, 3.63) is 37.4 Å². The Hall–Kier alpha value is -0.730. The van der Waals surface area contributed by atoms with Crippen molar-refractivity contribution in [1.82, 2.24) is 10.2 Å². The van der Waals surface area contributed by atoms with E-state index in [1.54, 1.807) is 18.2 Å². The van der Waals surface area contributed by atoms with Crippen LogP contribution in [0.3, 0.4) is 0 Å². The number of aromatic nitrogens is 2. The van der Waals surface area contributed by atoms with Gasteiger partial charge < -0.3 is 0 Å². The maximum Gasteiger partial charge on any atom is 0.258 e. The number of carbonyl (C=O) groups is 1. The van der Waals surface area contributed by atoms with E-state index < -0.39 is 0 Å². The molecule has 0 atom stereocenters. The van der Waals surface area contributed by atoms with E-state index in [2.05, 4.69) is 45.0 Å². The predicted octanol–water partition coefficient (Wildman–Crippen LogP) is 4.00. The highest BCUT2D eigenvalue weighted by molar-refractivity contribution is 14.1. The summed E-state index contributed by atoms with van der Waals surface area (Å²) in [7, 11) is 0. The number of carbonyl (C=O) groups excluding carboxylic acids is 1. The van der Waals surface area contributed by atoms with Gasteiger partial charge in [0.1, 0.15) is 5.01 Å². The Morgan fingerprint density at radius 2 is 2.26 bits per heavy atom. The molecule has 4 nitrogen and oxygen atoms in total. The van der Waals surface area contributed by atoms with Gasteiger partial charge in [0.25, 0.3) is 5.91 Å². The average Bonchev–Trinajstić information content (AvgIpc) is 2.76. The number of nitrogens with zero attached hydrogens (tertiary/aromatic N) is 2. The van der Waals surface area contributed by atoms with E-state index >= 15 is 0 Å². The first-order valence-electron chi connectivity index (χ1n) is 5.69. The van der Waals surface area contributed by atoms with Crippen molar-refractivity contribution >= 4 is 56.6 Å². The van der Waals surface area contributed by atoms with Gasteiger partial charge in [0, 0.05) is 15.0 Å². The number of rotatable bonds is 4. The lowest BCUT2D eigenvalue weighted by Gasteiger charge is -2.04. The van der Waals surface area contributed by atoms with Gasteiger partial charge >= 0.3 is 0 Å². The lowest BCUT2D eigenvalue weighted by molar-refractivity contribution is 0.102. The summed E-state index contributed by atoms with van der Waals surface area (Å²) in [6.45, 7) is 2.08. The molecular formula is C12H11ClIN3OS. The summed E-state index contributed by atoms with van der Waals surface area (Å²) < 4.78 is 0.806. The molecule has 1 heterocycles. The van der Waals surface area contributed by atoms with Gasteiger partial charge in [-0.3, -0.25) is 10.1 Å². The van der Waals surface area contributed by atoms with E-state index in [-0.39, 0.29) is 5.91 Å². The minimum absolute atomic E-state index is 0.194. The van der Waals surface area contributed by atoms with Gasteiger partial charge in [-0.05, 0) is 47.2 Å². The third-order valence-corrected chi connectivity index (χ3v) is 4.35. The number of nitrogens with one attached hydrogen (secondary N) is 1. The van der Waals surface area contributed by atoms with Crippen LogP contribution in [-0.2, 0) is 6.42 Å². The number of anilines is 1. The van der Waals surface area contributed by atoms with Crippen molar-refractivity contribution in [2.24, 2.45) is 0 Å². The summed E-state index contributed by atoms with van der Waals surface area (Å²) in [6, 6.07) is 5.15. The maximum atomic E-state index is 12.1. The molecule has 0 fully saturated rings. The Morgan fingerprint density at radius 1 is 1.47 bits per heavy atom. The Morgan fingerprint density at radius 3 is 2.95 bits per heavy atom. The first kappa shape index (κ1) is 14.7. The van der Waals surface area contributed by atoms with Gasteiger partial charge in [-0.2, -0.15) is 0 Å². The van der Waals surface area contributed by atoms with Crippen LogP contribution in [0.4, 0.5) is 5.13 Å². The first-order chi connectivity index (χ1) is 9.10. The second-order valence-corrected chi connectivity index (χ2v) is 6.49. The van der Waals surface area contributed by atoms with Crippen molar-refractivity contribution in [2.75, 3.05) is 5.32 Å². The average molecular weight is 408 g/mol. The topological polar surface area (TPSA) is 54.9 Å². The summed E-state index contributed by atoms with van der Waals surface area (Å²) in [5.41, 5.74) is 0.581. The lowest BCUT2D eigenvalue weighted by atomic mass is 10.2. The largest absolute Gasteiger partial charge is 0.296 e. The summed E-state index contributed by atoms with van der Waals surface area (Å²) in [5, 5.41) is 12.8. The Bertz CT molecular complexity index is 602. The first-order valence-corrected chi connectivity index (χ1v) is 7.96. The van der Waals surface area contributed by atoms with Gasteiger partial charge in [0.2, 0.25) is 5.13 Å². The molecule has 0 saturated heterocycles. The molecule has 0 aliphatic rings. The fourth-order valence-corrected chi connectivity index (χ4v) is 3.41. The monoisotopic (exact) mass is 407 g/mol. The highest BCUT2D eigenvalue weighted by atomic mass is 127. The Balaban J connectivity index is 2.11. The molecule has 1 aromatic heterocycles. The van der Waals surface area contributed by atoms with E-state index in [4.69, 9.17) is 11.6 Å². The second kappa shape index (κ2) is 6.62. The fourth-order valence-electron chi connectivity index (χ4n) is 1.46. The van der Waals surface area contributed by atoms with Crippen LogP contribution in [0, 0.1) is 3.57 Å². The molecule has 1 N–H and O–H groups in total. The summed E-state index contributed by atoms with van der Waals surface area (Å²) >= 11 is 9.35. The zero-order valence-corrected chi connectivity index (χ0v) is 13.8. The Labute approximate surface area is 133 Å². The summed E-state index contributed by atoms with van der Waals surface area (Å²) in [5.74, 6) is -0.194. The minimum atomic E-state index is -0.194. The molecule has 1 aromatic carbocycles. The molecule has 0 spiro atoms. The molecular weight excluding hydrogens is 397 g/mol. The number of hydrogen-bond donors (Lipinski definition) is 1. The Kier molecular flexibility index (Phi) is 5.12. The van der Waals surface area contributed by atoms with Gasteiger partial charge in [-0.25, -0.2) is 0 Å². The van der Waals surface area contributed by atoms with Crippen molar-refractivity contribution in [1.29, 1.82) is 0 Å². The third kappa shape index (κ3) is 3.87. The van der Waals surface area contributed by atoms with Gasteiger partial charge in [0.15, 0.2) is 0 Å². The third-order valence-electron chi connectivity index (χ3n) is 2.33. The van der Waals surface area contributed by atoms with Crippen molar-refractivity contribution in [2.45, 2.75) is 19.8 Å². The van der Waals surface area contributed by atoms with Crippen LogP contribution in [0.25, 0.3) is 0 Å². The SMILES string of the molecule is CCCc1nnc(NC(=O)c2ccc(Cl)cc2I)s1. The zero-order chi connectivity index (χ0) is 13.8. The van der Waals surface area contributed by atoms with Crippen molar-refractivity contribution < 1.29 is 4.79 Å². The molecule has 0 radical (unpaired) electrons. The van der Waals surface area contributed by atoms with Crippen molar-refractivity contribution in [3.63, 3.8) is 0 Å². The quantitative estimate of drug-likeness (QED) is 0.780. The number of halogens is 2. The molecule has 0 aliphatic carbocycles. The van der Waals surface area contributed by atoms with E-state index in [9.17, 15) is 4.79 Å². The molecule has 0 saturated carbocycles. The lowest BCUT2D eigenvalue weighted by Crippen LogP contribution is -2.13. The molecule has 0 bridgehead atoms. The van der Waals surface area contributed by atoms with Crippen LogP contribution < -0.4 is 5.32 Å². The summed E-state index contributed by atoms with van der Waals surface area (Å²) in [4.78, 5) is 12.1. The molecule has 0 unspecified atom stereocenters. The van der Waals surface area contributed by atoms with Gasteiger partial charge in [-0.15, -0.1) is 10.2 Å². The standard InChI is InChI=1S/C12H11ClIN3OS/c1-2-3-10-16-17-12(19-10)15-11(18)8-5-4-7(13)6-9(8)14/h4-6H,2-3H2,1H3,(H,15,17,18). The molecule has 1 amide bonds.